The van der Waals surface area contributed by atoms with E-state index < -0.39 is 11.9 Å². The average Bonchev–Trinajstić information content (AvgIpc) is 3.67. The lowest BCUT2D eigenvalue weighted by atomic mass is 10.0. The number of nitrogen functional groups attached to an aromatic ring is 1. The molecular formula is C31H30FN5O3. The monoisotopic (exact) mass is 539 g/mol. The van der Waals surface area contributed by atoms with Gasteiger partial charge in [0.2, 0.25) is 0 Å². The molecule has 1 saturated heterocycles. The van der Waals surface area contributed by atoms with Gasteiger partial charge in [0.25, 0.3) is 0 Å². The number of hydrogen-bond donors (Lipinski definition) is 3. The standard InChI is InChI=1S/C31H30FN5O3/c1-2-39-23-15-25(28(32)27(16-23)40-22-11-13-38-18-22)29(31-35-17-26(37-31)19-6-4-3-5-7-19)36-21-8-9-24-20(14-21)10-12-34-30(24)33/h3-10,12,14-17,22,29,36H,2,11,13,18H2,1H3,(H2,33,34)(H,35,37)/t22-,29?/m0/s1. The first kappa shape index (κ1) is 25.6. The van der Waals surface area contributed by atoms with Crippen molar-refractivity contribution < 1.29 is 18.6 Å². The zero-order valence-corrected chi connectivity index (χ0v) is 22.1. The van der Waals surface area contributed by atoms with Crippen LogP contribution in [0, 0.1) is 5.82 Å². The second-order valence-corrected chi connectivity index (χ2v) is 9.62. The van der Waals surface area contributed by atoms with Crippen molar-refractivity contribution in [1.82, 2.24) is 15.0 Å². The van der Waals surface area contributed by atoms with E-state index in [0.29, 0.717) is 49.2 Å². The Balaban J connectivity index is 1.45. The highest BCUT2D eigenvalue weighted by Gasteiger charge is 2.27. The first-order valence-electron chi connectivity index (χ1n) is 13.3. The number of aromatic amines is 1. The molecule has 5 aromatic rings. The molecule has 1 aliphatic rings. The number of aromatic nitrogens is 3. The number of anilines is 2. The summed E-state index contributed by atoms with van der Waals surface area (Å²) in [6.07, 6.45) is 3.89. The van der Waals surface area contributed by atoms with E-state index in [1.54, 1.807) is 24.5 Å². The van der Waals surface area contributed by atoms with Gasteiger partial charge >= 0.3 is 0 Å². The Morgan fingerprint density at radius 2 is 2.00 bits per heavy atom. The summed E-state index contributed by atoms with van der Waals surface area (Å²) in [4.78, 5) is 12.2. The highest BCUT2D eigenvalue weighted by Crippen LogP contribution is 2.37. The Morgan fingerprint density at radius 1 is 1.12 bits per heavy atom. The van der Waals surface area contributed by atoms with E-state index in [2.05, 4.69) is 20.3 Å². The maximum absolute atomic E-state index is 16.3. The van der Waals surface area contributed by atoms with Gasteiger partial charge in [-0.25, -0.2) is 14.4 Å². The number of halogens is 1. The summed E-state index contributed by atoms with van der Waals surface area (Å²) in [5, 5.41) is 5.24. The van der Waals surface area contributed by atoms with Gasteiger partial charge in [0.15, 0.2) is 11.6 Å². The van der Waals surface area contributed by atoms with Gasteiger partial charge in [0.05, 0.1) is 31.7 Å². The fraction of sp³-hybridized carbons (Fsp3) is 0.226. The molecule has 204 valence electrons. The summed E-state index contributed by atoms with van der Waals surface area (Å²) in [6, 6.07) is 20.1. The largest absolute Gasteiger partial charge is 0.494 e. The van der Waals surface area contributed by atoms with Crippen molar-refractivity contribution in [2.75, 3.05) is 30.9 Å². The molecule has 9 heteroatoms. The Hall–Kier alpha value is -4.63. The molecule has 3 heterocycles. The molecular weight excluding hydrogens is 509 g/mol. The van der Waals surface area contributed by atoms with Crippen LogP contribution in [0.4, 0.5) is 15.9 Å². The van der Waals surface area contributed by atoms with E-state index in [4.69, 9.17) is 19.9 Å². The maximum Gasteiger partial charge on any atom is 0.171 e. The van der Waals surface area contributed by atoms with Gasteiger partial charge in [-0.2, -0.15) is 0 Å². The summed E-state index contributed by atoms with van der Waals surface area (Å²) in [7, 11) is 0. The van der Waals surface area contributed by atoms with Crippen molar-refractivity contribution in [3.63, 3.8) is 0 Å². The summed E-state index contributed by atoms with van der Waals surface area (Å²) < 4.78 is 33.6. The van der Waals surface area contributed by atoms with E-state index >= 15 is 4.39 Å². The highest BCUT2D eigenvalue weighted by atomic mass is 19.1. The van der Waals surface area contributed by atoms with Gasteiger partial charge in [0.1, 0.15) is 29.5 Å². The number of nitrogens with one attached hydrogen (secondary N) is 2. The summed E-state index contributed by atoms with van der Waals surface area (Å²) in [6.45, 7) is 3.32. The van der Waals surface area contributed by atoms with Crippen LogP contribution < -0.4 is 20.5 Å². The molecule has 6 rings (SSSR count). The van der Waals surface area contributed by atoms with Crippen LogP contribution in [0.25, 0.3) is 22.0 Å². The van der Waals surface area contributed by atoms with Crippen LogP contribution in [0.2, 0.25) is 0 Å². The van der Waals surface area contributed by atoms with Gasteiger partial charge in [-0.15, -0.1) is 0 Å². The number of rotatable bonds is 9. The second kappa shape index (κ2) is 11.2. The number of hydrogen-bond acceptors (Lipinski definition) is 7. The van der Waals surface area contributed by atoms with Gasteiger partial charge in [0, 0.05) is 35.3 Å². The van der Waals surface area contributed by atoms with Crippen molar-refractivity contribution >= 4 is 22.3 Å². The topological polar surface area (TPSA) is 107 Å². The quantitative estimate of drug-likeness (QED) is 0.207. The van der Waals surface area contributed by atoms with Crippen molar-refractivity contribution in [1.29, 1.82) is 0 Å². The zero-order valence-electron chi connectivity index (χ0n) is 22.1. The summed E-state index contributed by atoms with van der Waals surface area (Å²) in [5.74, 6) is 1.13. The molecule has 8 nitrogen and oxygen atoms in total. The third kappa shape index (κ3) is 5.28. The second-order valence-electron chi connectivity index (χ2n) is 9.62. The van der Waals surface area contributed by atoms with Crippen LogP contribution in [0.3, 0.4) is 0 Å². The van der Waals surface area contributed by atoms with Crippen LogP contribution in [-0.4, -0.2) is 40.9 Å². The van der Waals surface area contributed by atoms with Crippen molar-refractivity contribution in [2.45, 2.75) is 25.5 Å². The van der Waals surface area contributed by atoms with Gasteiger partial charge in [-0.05, 0) is 48.2 Å². The normalized spacial score (nSPS) is 15.7. The smallest absolute Gasteiger partial charge is 0.171 e. The number of pyridine rings is 1. The lowest BCUT2D eigenvalue weighted by Crippen LogP contribution is -2.19. The van der Waals surface area contributed by atoms with Crippen LogP contribution in [0.15, 0.2) is 79.1 Å². The van der Waals surface area contributed by atoms with Crippen molar-refractivity contribution in [2.24, 2.45) is 0 Å². The van der Waals surface area contributed by atoms with Crippen LogP contribution >= 0.6 is 0 Å². The fourth-order valence-corrected chi connectivity index (χ4v) is 4.92. The zero-order chi connectivity index (χ0) is 27.5. The number of imidazole rings is 1. The molecule has 0 saturated carbocycles. The molecule has 1 fully saturated rings. The molecule has 0 amide bonds. The van der Waals surface area contributed by atoms with Crippen molar-refractivity contribution in [3.05, 3.63) is 96.3 Å². The Labute approximate surface area is 231 Å². The van der Waals surface area contributed by atoms with Gasteiger partial charge in [-0.1, -0.05) is 30.3 Å². The molecule has 1 unspecified atom stereocenters. The lowest BCUT2D eigenvalue weighted by molar-refractivity contribution is 0.137. The third-order valence-corrected chi connectivity index (χ3v) is 6.90. The molecule has 0 radical (unpaired) electrons. The fourth-order valence-electron chi connectivity index (χ4n) is 4.92. The van der Waals surface area contributed by atoms with E-state index in [0.717, 1.165) is 27.7 Å². The molecule has 3 aromatic carbocycles. The molecule has 0 spiro atoms. The Bertz CT molecular complexity index is 1620. The van der Waals surface area contributed by atoms with E-state index in [1.165, 1.54) is 0 Å². The molecule has 0 bridgehead atoms. The van der Waals surface area contributed by atoms with Crippen molar-refractivity contribution in [3.8, 4) is 22.8 Å². The minimum atomic E-state index is -0.698. The first-order chi connectivity index (χ1) is 19.6. The predicted octanol–water partition coefficient (Wildman–Crippen LogP) is 6.11. The molecule has 40 heavy (non-hydrogen) atoms. The van der Waals surface area contributed by atoms with Crippen LogP contribution in [0.1, 0.15) is 30.8 Å². The van der Waals surface area contributed by atoms with Crippen LogP contribution in [0.5, 0.6) is 11.5 Å². The third-order valence-electron chi connectivity index (χ3n) is 6.90. The molecule has 0 aliphatic carbocycles. The number of ether oxygens (including phenoxy) is 3. The Kier molecular flexibility index (Phi) is 7.20. The number of fused-ring (bicyclic) bond motifs is 1. The molecule has 1 aliphatic heterocycles. The lowest BCUT2D eigenvalue weighted by Gasteiger charge is -2.23. The maximum atomic E-state index is 16.3. The summed E-state index contributed by atoms with van der Waals surface area (Å²) >= 11 is 0. The summed E-state index contributed by atoms with van der Waals surface area (Å²) in [5.41, 5.74) is 8.95. The minimum Gasteiger partial charge on any atom is -0.494 e. The number of nitrogens with zero attached hydrogens (tertiary/aromatic N) is 2. The average molecular weight is 540 g/mol. The molecule has 2 aromatic heterocycles. The highest BCUT2D eigenvalue weighted by molar-refractivity contribution is 5.93. The number of H-pyrrole nitrogens is 1. The molecule has 2 atom stereocenters. The predicted molar refractivity (Wildman–Crippen MR) is 153 cm³/mol. The van der Waals surface area contributed by atoms with Gasteiger partial charge < -0.3 is 30.2 Å². The van der Waals surface area contributed by atoms with Crippen LogP contribution in [-0.2, 0) is 4.74 Å². The number of benzene rings is 3. The first-order valence-corrected chi connectivity index (χ1v) is 13.3. The number of nitrogens with two attached hydrogens (primary N) is 1. The van der Waals surface area contributed by atoms with Gasteiger partial charge in [-0.3, -0.25) is 0 Å². The minimum absolute atomic E-state index is 0.121. The SMILES string of the molecule is CCOc1cc(O[C@H]2CCOC2)c(F)c(C(Nc2ccc3c(N)nccc3c2)c2ncc(-c3ccccc3)[nH]2)c1. The van der Waals surface area contributed by atoms with E-state index in [1.807, 2.05) is 61.5 Å². The Morgan fingerprint density at radius 3 is 2.80 bits per heavy atom. The van der Waals surface area contributed by atoms with E-state index in [-0.39, 0.29) is 11.9 Å². The van der Waals surface area contributed by atoms with E-state index in [9.17, 15) is 0 Å². The molecule has 4 N–H and O–H groups in total.